The monoisotopic (exact) mass is 428 g/mol. The van der Waals surface area contributed by atoms with Crippen LogP contribution in [0.3, 0.4) is 0 Å². The van der Waals surface area contributed by atoms with E-state index in [0.29, 0.717) is 6.61 Å². The Labute approximate surface area is 189 Å². The van der Waals surface area contributed by atoms with Crippen LogP contribution >= 0.6 is 0 Å². The fourth-order valence-electron chi connectivity index (χ4n) is 4.90. The standard InChI is InChI=1S/C27H28N2O3/c1-18-16-21(19-9-11-22(31-2)12-10-19)17-24(28-18)25-8-5-14-29(25)27(30)26-23-7-4-3-6-20(23)13-15-32-26/h3-4,6-7,9-12,16-17,25-26H,5,8,13-15H2,1-2H3/t25-,26-/m0/s1. The van der Waals surface area contributed by atoms with Gasteiger partial charge >= 0.3 is 0 Å². The first-order valence-electron chi connectivity index (χ1n) is 11.3. The number of fused-ring (bicyclic) bond motifs is 1. The second-order valence-electron chi connectivity index (χ2n) is 8.54. The molecule has 1 fully saturated rings. The summed E-state index contributed by atoms with van der Waals surface area (Å²) in [6, 6.07) is 20.4. The van der Waals surface area contributed by atoms with Gasteiger partial charge in [-0.3, -0.25) is 9.78 Å². The lowest BCUT2D eigenvalue weighted by atomic mass is 9.96. The van der Waals surface area contributed by atoms with Gasteiger partial charge in [-0.15, -0.1) is 0 Å². The van der Waals surface area contributed by atoms with Gasteiger partial charge in [-0.25, -0.2) is 0 Å². The predicted octanol–water partition coefficient (Wildman–Crippen LogP) is 5.04. The van der Waals surface area contributed by atoms with Crippen LogP contribution in [0.2, 0.25) is 0 Å². The second-order valence-corrected chi connectivity index (χ2v) is 8.54. The third-order valence-electron chi connectivity index (χ3n) is 6.49. The highest BCUT2D eigenvalue weighted by molar-refractivity contribution is 5.83. The number of amides is 1. The van der Waals surface area contributed by atoms with Crippen molar-refractivity contribution in [2.75, 3.05) is 20.3 Å². The molecule has 0 spiro atoms. The lowest BCUT2D eigenvalue weighted by Crippen LogP contribution is -2.38. The van der Waals surface area contributed by atoms with Crippen molar-refractivity contribution in [2.45, 2.75) is 38.3 Å². The summed E-state index contributed by atoms with van der Waals surface area (Å²) in [5.74, 6) is 0.883. The Morgan fingerprint density at radius 3 is 2.72 bits per heavy atom. The molecule has 0 saturated carbocycles. The normalized spacial score (nSPS) is 20.1. The van der Waals surface area contributed by atoms with Crippen LogP contribution in [0.25, 0.3) is 11.1 Å². The van der Waals surface area contributed by atoms with Gasteiger partial charge < -0.3 is 14.4 Å². The van der Waals surface area contributed by atoms with E-state index < -0.39 is 6.10 Å². The Kier molecular flexibility index (Phi) is 5.66. The third kappa shape index (κ3) is 3.89. The number of aryl methyl sites for hydroxylation is 1. The number of nitrogens with zero attached hydrogens (tertiary/aromatic N) is 2. The van der Waals surface area contributed by atoms with Crippen LogP contribution < -0.4 is 4.74 Å². The number of hydrogen-bond acceptors (Lipinski definition) is 4. The SMILES string of the molecule is COc1ccc(-c2cc(C)nc([C@@H]3CCCN3C(=O)[C@H]3OCCc4ccccc43)c2)cc1. The molecule has 1 aromatic heterocycles. The van der Waals surface area contributed by atoms with Gasteiger partial charge in [0.1, 0.15) is 5.75 Å². The van der Waals surface area contributed by atoms with Crippen LogP contribution in [0.15, 0.2) is 60.7 Å². The number of methoxy groups -OCH3 is 1. The zero-order chi connectivity index (χ0) is 22.1. The first-order chi connectivity index (χ1) is 15.6. The molecule has 3 aromatic rings. The number of likely N-dealkylation sites (tertiary alicyclic amines) is 1. The van der Waals surface area contributed by atoms with E-state index in [-0.39, 0.29) is 11.9 Å². The number of benzene rings is 2. The molecule has 2 atom stereocenters. The van der Waals surface area contributed by atoms with Crippen LogP contribution in [-0.4, -0.2) is 36.1 Å². The Morgan fingerprint density at radius 2 is 1.91 bits per heavy atom. The van der Waals surface area contributed by atoms with Crippen LogP contribution in [-0.2, 0) is 16.0 Å². The molecule has 1 saturated heterocycles. The Bertz CT molecular complexity index is 1130. The molecule has 0 radical (unpaired) electrons. The van der Waals surface area contributed by atoms with Crippen molar-refractivity contribution in [1.29, 1.82) is 0 Å². The van der Waals surface area contributed by atoms with Crippen LogP contribution in [0.4, 0.5) is 0 Å². The lowest BCUT2D eigenvalue weighted by molar-refractivity contribution is -0.146. The number of aromatic nitrogens is 1. The van der Waals surface area contributed by atoms with E-state index in [0.717, 1.165) is 59.6 Å². The fourth-order valence-corrected chi connectivity index (χ4v) is 4.90. The molecular formula is C27H28N2O3. The third-order valence-corrected chi connectivity index (χ3v) is 6.49. The van der Waals surface area contributed by atoms with Crippen LogP contribution in [0.5, 0.6) is 5.75 Å². The van der Waals surface area contributed by atoms with Crippen molar-refractivity contribution in [1.82, 2.24) is 9.88 Å². The maximum absolute atomic E-state index is 13.6. The summed E-state index contributed by atoms with van der Waals surface area (Å²) < 4.78 is 11.3. The highest BCUT2D eigenvalue weighted by atomic mass is 16.5. The Hall–Kier alpha value is -3.18. The highest BCUT2D eigenvalue weighted by Crippen LogP contribution is 2.37. The summed E-state index contributed by atoms with van der Waals surface area (Å²) in [5, 5.41) is 0. The van der Waals surface area contributed by atoms with Crippen molar-refractivity contribution in [2.24, 2.45) is 0 Å². The van der Waals surface area contributed by atoms with Gasteiger partial charge in [-0.2, -0.15) is 0 Å². The molecule has 5 rings (SSSR count). The quantitative estimate of drug-likeness (QED) is 0.584. The predicted molar refractivity (Wildman–Crippen MR) is 123 cm³/mol. The molecule has 5 nitrogen and oxygen atoms in total. The number of carbonyl (C=O) groups excluding carboxylic acids is 1. The number of ether oxygens (including phenoxy) is 2. The average molecular weight is 429 g/mol. The Morgan fingerprint density at radius 1 is 1.09 bits per heavy atom. The zero-order valence-electron chi connectivity index (χ0n) is 18.6. The summed E-state index contributed by atoms with van der Waals surface area (Å²) in [6.07, 6.45) is 2.22. The minimum atomic E-state index is -0.522. The second kappa shape index (κ2) is 8.75. The molecule has 164 valence electrons. The topological polar surface area (TPSA) is 51.7 Å². The molecule has 5 heteroatoms. The molecule has 0 aliphatic carbocycles. The molecule has 2 aliphatic rings. The van der Waals surface area contributed by atoms with Crippen molar-refractivity contribution in [3.05, 3.63) is 83.2 Å². The van der Waals surface area contributed by atoms with Crippen molar-refractivity contribution in [3.8, 4) is 16.9 Å². The summed E-state index contributed by atoms with van der Waals surface area (Å²) >= 11 is 0. The highest BCUT2D eigenvalue weighted by Gasteiger charge is 2.37. The van der Waals surface area contributed by atoms with E-state index >= 15 is 0 Å². The summed E-state index contributed by atoms with van der Waals surface area (Å²) in [6.45, 7) is 3.33. The molecule has 0 bridgehead atoms. The van der Waals surface area contributed by atoms with Gasteiger partial charge in [-0.1, -0.05) is 36.4 Å². The molecule has 0 unspecified atom stereocenters. The van der Waals surface area contributed by atoms with Crippen LogP contribution in [0, 0.1) is 6.92 Å². The van der Waals surface area contributed by atoms with Gasteiger partial charge in [0.2, 0.25) is 0 Å². The number of carbonyl (C=O) groups is 1. The minimum absolute atomic E-state index is 0.0305. The molecule has 2 aliphatic heterocycles. The van der Waals surface area contributed by atoms with E-state index in [9.17, 15) is 4.79 Å². The van der Waals surface area contributed by atoms with E-state index in [1.807, 2.05) is 42.2 Å². The number of rotatable bonds is 4. The van der Waals surface area contributed by atoms with Gasteiger partial charge in [0, 0.05) is 12.2 Å². The van der Waals surface area contributed by atoms with E-state index in [1.165, 1.54) is 5.56 Å². The molecule has 3 heterocycles. The fraction of sp³-hybridized carbons (Fsp3) is 0.333. The van der Waals surface area contributed by atoms with E-state index in [2.05, 4.69) is 30.3 Å². The molecular weight excluding hydrogens is 400 g/mol. The van der Waals surface area contributed by atoms with Crippen molar-refractivity contribution >= 4 is 5.91 Å². The smallest absolute Gasteiger partial charge is 0.256 e. The minimum Gasteiger partial charge on any atom is -0.497 e. The maximum Gasteiger partial charge on any atom is 0.256 e. The first-order valence-corrected chi connectivity index (χ1v) is 11.3. The zero-order valence-corrected chi connectivity index (χ0v) is 18.6. The summed E-state index contributed by atoms with van der Waals surface area (Å²) in [7, 11) is 1.67. The van der Waals surface area contributed by atoms with E-state index in [1.54, 1.807) is 7.11 Å². The summed E-state index contributed by atoms with van der Waals surface area (Å²) in [4.78, 5) is 20.4. The van der Waals surface area contributed by atoms with Crippen molar-refractivity contribution < 1.29 is 14.3 Å². The van der Waals surface area contributed by atoms with Gasteiger partial charge in [0.15, 0.2) is 6.10 Å². The lowest BCUT2D eigenvalue weighted by Gasteiger charge is -2.32. The molecule has 32 heavy (non-hydrogen) atoms. The largest absolute Gasteiger partial charge is 0.497 e. The molecule has 1 amide bonds. The summed E-state index contributed by atoms with van der Waals surface area (Å²) in [5.41, 5.74) is 6.33. The number of pyridine rings is 1. The van der Waals surface area contributed by atoms with Gasteiger partial charge in [0.05, 0.1) is 25.5 Å². The van der Waals surface area contributed by atoms with Crippen molar-refractivity contribution in [3.63, 3.8) is 0 Å². The average Bonchev–Trinajstić information content (AvgIpc) is 3.33. The van der Waals surface area contributed by atoms with Crippen LogP contribution in [0.1, 0.15) is 47.5 Å². The van der Waals surface area contributed by atoms with Gasteiger partial charge in [0.25, 0.3) is 5.91 Å². The number of hydrogen-bond donors (Lipinski definition) is 0. The van der Waals surface area contributed by atoms with E-state index in [4.69, 9.17) is 14.5 Å². The first kappa shape index (κ1) is 20.7. The molecule has 0 N–H and O–H groups in total. The van der Waals surface area contributed by atoms with Gasteiger partial charge in [-0.05, 0) is 72.7 Å². The molecule has 2 aromatic carbocycles. The maximum atomic E-state index is 13.6. The Balaban J connectivity index is 1.45.